The number of alkyl halides is 2. The zero-order chi connectivity index (χ0) is 21.5. The molecule has 2 aliphatic heterocycles. The molecule has 0 bridgehead atoms. The molecule has 30 heavy (non-hydrogen) atoms. The summed E-state index contributed by atoms with van der Waals surface area (Å²) in [6.45, 7) is 8.07. The van der Waals surface area contributed by atoms with Crippen molar-refractivity contribution in [3.63, 3.8) is 0 Å². The molecule has 6 atom stereocenters. The number of phenols is 2. The Balaban J connectivity index is 1.72. The first kappa shape index (κ1) is 22.6. The number of piperidine rings is 1. The number of aryl methyl sites for hydroxylation is 1. The van der Waals surface area contributed by atoms with E-state index < -0.39 is 0 Å². The van der Waals surface area contributed by atoms with Crippen molar-refractivity contribution in [2.24, 2.45) is 11.8 Å². The predicted octanol–water partition coefficient (Wildman–Crippen LogP) is 4.60. The van der Waals surface area contributed by atoms with Crippen LogP contribution in [-0.2, 0) is 14.9 Å². The van der Waals surface area contributed by atoms with Crippen LogP contribution >= 0.6 is 21.2 Å². The van der Waals surface area contributed by atoms with Gasteiger partial charge in [0.1, 0.15) is 0 Å². The number of benzene rings is 1. The number of likely N-dealkylation sites (tertiary alicyclic amines) is 1. The van der Waals surface area contributed by atoms with Crippen molar-refractivity contribution in [1.82, 2.24) is 4.90 Å². The number of phenolic OH excluding ortho intramolecular Hbond substituents is 2. The fraction of sp³-hybridized carbons (Fsp3) is 0.750. The first-order chi connectivity index (χ1) is 14.4. The minimum atomic E-state index is -0.197. The number of fused-ring (bicyclic) bond motifs is 2. The Hall–Kier alpha value is -0.570. The van der Waals surface area contributed by atoms with Gasteiger partial charge in [-0.3, -0.25) is 0 Å². The molecule has 0 spiro atoms. The van der Waals surface area contributed by atoms with Crippen molar-refractivity contribution in [1.29, 1.82) is 0 Å². The SMILES string of the molecule is CCCC[IH]C1OCOC2C[C@@]3(c4c(C)ccc(O)c4O)CCN(C)C(C)C3C[C@@H]21. The van der Waals surface area contributed by atoms with Gasteiger partial charge in [0.05, 0.1) is 0 Å². The van der Waals surface area contributed by atoms with Crippen LogP contribution in [0.4, 0.5) is 0 Å². The van der Waals surface area contributed by atoms with Crippen LogP contribution in [0.3, 0.4) is 0 Å². The molecule has 1 aromatic carbocycles. The third kappa shape index (κ3) is 3.86. The summed E-state index contributed by atoms with van der Waals surface area (Å²) in [5.41, 5.74) is 1.87. The molecule has 1 aliphatic carbocycles. The van der Waals surface area contributed by atoms with Crippen molar-refractivity contribution in [2.45, 2.75) is 74.5 Å². The fourth-order valence-corrected chi connectivity index (χ4v) is 10.1. The van der Waals surface area contributed by atoms with Crippen LogP contribution in [0.5, 0.6) is 11.5 Å². The summed E-state index contributed by atoms with van der Waals surface area (Å²) in [7, 11) is 2.22. The summed E-state index contributed by atoms with van der Waals surface area (Å²) < 4.78 is 14.1. The molecule has 2 N–H and O–H groups in total. The van der Waals surface area contributed by atoms with E-state index in [1.165, 1.54) is 17.3 Å². The molecule has 0 amide bonds. The van der Waals surface area contributed by atoms with Gasteiger partial charge in [-0.2, -0.15) is 0 Å². The Morgan fingerprint density at radius 2 is 2.07 bits per heavy atom. The Bertz CT molecular complexity index is 759. The molecule has 2 heterocycles. The summed E-state index contributed by atoms with van der Waals surface area (Å²) in [5, 5.41) is 21.3. The van der Waals surface area contributed by atoms with Gasteiger partial charge in [0.15, 0.2) is 0 Å². The van der Waals surface area contributed by atoms with Gasteiger partial charge in [-0.25, -0.2) is 0 Å². The number of unbranched alkanes of at least 4 members (excludes halogenated alkanes) is 1. The van der Waals surface area contributed by atoms with Gasteiger partial charge in [-0.15, -0.1) is 0 Å². The van der Waals surface area contributed by atoms with Crippen LogP contribution in [-0.4, -0.2) is 56.2 Å². The Morgan fingerprint density at radius 1 is 1.27 bits per heavy atom. The molecule has 4 unspecified atom stereocenters. The number of nitrogens with zero attached hydrogens (tertiary/aromatic N) is 1. The van der Waals surface area contributed by atoms with E-state index in [0.29, 0.717) is 28.8 Å². The van der Waals surface area contributed by atoms with Gasteiger partial charge in [0, 0.05) is 0 Å². The van der Waals surface area contributed by atoms with E-state index in [2.05, 4.69) is 32.7 Å². The van der Waals surface area contributed by atoms with Gasteiger partial charge in [0.2, 0.25) is 0 Å². The van der Waals surface area contributed by atoms with E-state index in [1.54, 1.807) is 6.07 Å². The van der Waals surface area contributed by atoms with Crippen LogP contribution in [0.25, 0.3) is 0 Å². The third-order valence-electron chi connectivity index (χ3n) is 7.97. The van der Waals surface area contributed by atoms with E-state index in [0.717, 1.165) is 36.9 Å². The number of hydrogen-bond acceptors (Lipinski definition) is 5. The molecule has 1 saturated carbocycles. The monoisotopic (exact) mass is 531 g/mol. The van der Waals surface area contributed by atoms with Gasteiger partial charge >= 0.3 is 192 Å². The quantitative estimate of drug-likeness (QED) is 0.252. The molecule has 0 aromatic heterocycles. The summed E-state index contributed by atoms with van der Waals surface area (Å²) >= 11 is -0.197. The minimum absolute atomic E-state index is 0.00491. The second kappa shape index (κ2) is 9.12. The zero-order valence-electron chi connectivity index (χ0n) is 18.8. The molecule has 170 valence electrons. The van der Waals surface area contributed by atoms with E-state index in [-0.39, 0.29) is 44.2 Å². The number of aromatic hydroxyl groups is 2. The molecule has 5 nitrogen and oxygen atoms in total. The maximum absolute atomic E-state index is 11.0. The molecule has 3 aliphatic rings. The molecule has 2 saturated heterocycles. The maximum atomic E-state index is 11.0. The van der Waals surface area contributed by atoms with Crippen LogP contribution in [0.2, 0.25) is 0 Å². The first-order valence-corrected chi connectivity index (χ1v) is 14.5. The molecule has 3 fully saturated rings. The van der Waals surface area contributed by atoms with Gasteiger partial charge in [-0.05, 0) is 0 Å². The fourth-order valence-electron chi connectivity index (χ4n) is 6.19. The molecule has 6 heteroatoms. The topological polar surface area (TPSA) is 62.2 Å². The number of ether oxygens (including phenoxy) is 2. The molecule has 4 rings (SSSR count). The van der Waals surface area contributed by atoms with Crippen molar-refractivity contribution >= 4 is 21.2 Å². The number of hydrogen-bond donors (Lipinski definition) is 2. The normalized spacial score (nSPS) is 37.0. The Kier molecular flexibility index (Phi) is 6.88. The number of rotatable bonds is 5. The van der Waals surface area contributed by atoms with Crippen LogP contribution in [0.15, 0.2) is 12.1 Å². The summed E-state index contributed by atoms with van der Waals surface area (Å²) in [6, 6.07) is 3.99. The predicted molar refractivity (Wildman–Crippen MR) is 129 cm³/mol. The van der Waals surface area contributed by atoms with Crippen LogP contribution < -0.4 is 0 Å². The Labute approximate surface area is 191 Å². The molecule has 0 radical (unpaired) electrons. The van der Waals surface area contributed by atoms with E-state index >= 15 is 0 Å². The van der Waals surface area contributed by atoms with Gasteiger partial charge in [-0.1, -0.05) is 0 Å². The summed E-state index contributed by atoms with van der Waals surface area (Å²) in [5.74, 6) is 0.949. The molecular weight excluding hydrogens is 493 g/mol. The van der Waals surface area contributed by atoms with E-state index in [1.807, 2.05) is 6.07 Å². The van der Waals surface area contributed by atoms with Crippen molar-refractivity contribution in [3.05, 3.63) is 23.3 Å². The second-order valence-corrected chi connectivity index (χ2v) is 13.0. The molecule has 1 aromatic rings. The second-order valence-electron chi connectivity index (χ2n) is 9.55. The summed E-state index contributed by atoms with van der Waals surface area (Å²) in [6.07, 6.45) is 5.73. The first-order valence-electron chi connectivity index (χ1n) is 11.5. The van der Waals surface area contributed by atoms with Gasteiger partial charge in [0.25, 0.3) is 0 Å². The standard InChI is InChI=1S/C24H38INO4/c1-5-6-10-25-23-17-12-18-16(3)26(4)11-9-24(18,13-20(17)29-14-30-23)21-15(2)7-8-19(27)22(21)28/h7-8,16-18,20,23,25,27-28H,5-6,9-14H2,1-4H3/t16?,17-,18?,20?,23?,24-/m0/s1. The van der Waals surface area contributed by atoms with Crippen molar-refractivity contribution in [3.8, 4) is 11.5 Å². The Morgan fingerprint density at radius 3 is 2.83 bits per heavy atom. The zero-order valence-corrected chi connectivity index (χ0v) is 21.1. The van der Waals surface area contributed by atoms with E-state index in [9.17, 15) is 10.2 Å². The average molecular weight is 531 g/mol. The van der Waals surface area contributed by atoms with Gasteiger partial charge < -0.3 is 0 Å². The van der Waals surface area contributed by atoms with Crippen molar-refractivity contribution in [2.75, 3.05) is 24.8 Å². The van der Waals surface area contributed by atoms with Crippen LogP contribution in [0, 0.1) is 18.8 Å². The van der Waals surface area contributed by atoms with Crippen LogP contribution in [0.1, 0.15) is 57.1 Å². The summed E-state index contributed by atoms with van der Waals surface area (Å²) in [4.78, 5) is 2.46. The molecular formula is C24H38INO4. The van der Waals surface area contributed by atoms with E-state index in [4.69, 9.17) is 9.47 Å². The number of halogens is 1. The third-order valence-corrected chi connectivity index (χ3v) is 11.8. The average Bonchev–Trinajstić information content (AvgIpc) is 2.73. The van der Waals surface area contributed by atoms with Crippen molar-refractivity contribution < 1.29 is 19.7 Å².